The van der Waals surface area contributed by atoms with Gasteiger partial charge in [-0.3, -0.25) is 0 Å². The third-order valence-electron chi connectivity index (χ3n) is 2.35. The minimum absolute atomic E-state index is 0.0732. The van der Waals surface area contributed by atoms with E-state index in [9.17, 15) is 4.79 Å². The predicted octanol–water partition coefficient (Wildman–Crippen LogP) is 2.90. The normalized spacial score (nSPS) is 11.2. The van der Waals surface area contributed by atoms with Crippen molar-refractivity contribution in [2.75, 3.05) is 6.61 Å². The van der Waals surface area contributed by atoms with Crippen LogP contribution in [0.5, 0.6) is 0 Å². The second-order valence-electron chi connectivity index (χ2n) is 3.58. The third kappa shape index (κ3) is 2.41. The van der Waals surface area contributed by atoms with Crippen LogP contribution in [0.25, 0.3) is 17.0 Å². The van der Waals surface area contributed by atoms with Crippen molar-refractivity contribution < 1.29 is 13.9 Å². The number of furan rings is 1. The van der Waals surface area contributed by atoms with E-state index in [0.717, 1.165) is 5.39 Å². The molecule has 0 N–H and O–H groups in total. The number of para-hydroxylation sites is 1. The van der Waals surface area contributed by atoms with E-state index < -0.39 is 5.97 Å². The van der Waals surface area contributed by atoms with E-state index in [0.29, 0.717) is 11.3 Å². The highest BCUT2D eigenvalue weighted by Gasteiger charge is 2.11. The van der Waals surface area contributed by atoms with Crippen LogP contribution in [0.15, 0.2) is 40.3 Å². The Bertz CT molecular complexity index is 613. The summed E-state index contributed by atoms with van der Waals surface area (Å²) in [5.74, 6) is -0.179. The molecule has 0 saturated carbocycles. The smallest absolute Gasteiger partial charge is 0.349 e. The van der Waals surface area contributed by atoms with Crippen LogP contribution in [-0.2, 0) is 9.53 Å². The lowest BCUT2D eigenvalue weighted by atomic mass is 10.2. The topological polar surface area (TPSA) is 63.2 Å². The SMILES string of the molecule is CCOC(=O)/C(C#N)=C/c1cc2ccccc2o1. The Kier molecular flexibility index (Phi) is 3.44. The van der Waals surface area contributed by atoms with Crippen LogP contribution in [0.2, 0.25) is 0 Å². The summed E-state index contributed by atoms with van der Waals surface area (Å²) >= 11 is 0. The summed E-state index contributed by atoms with van der Waals surface area (Å²) in [5, 5.41) is 9.82. The van der Waals surface area contributed by atoms with Crippen LogP contribution in [0.3, 0.4) is 0 Å². The van der Waals surface area contributed by atoms with Crippen molar-refractivity contribution in [2.24, 2.45) is 0 Å². The van der Waals surface area contributed by atoms with Crippen molar-refractivity contribution in [2.45, 2.75) is 6.92 Å². The number of carbonyl (C=O) groups is 1. The molecule has 0 fully saturated rings. The molecular weight excluding hydrogens is 230 g/mol. The number of hydrogen-bond donors (Lipinski definition) is 0. The molecule has 0 amide bonds. The molecule has 0 unspecified atom stereocenters. The van der Waals surface area contributed by atoms with Crippen LogP contribution in [0.4, 0.5) is 0 Å². The summed E-state index contributed by atoms with van der Waals surface area (Å²) < 4.78 is 10.3. The first-order valence-corrected chi connectivity index (χ1v) is 5.52. The van der Waals surface area contributed by atoms with Gasteiger partial charge in [-0.05, 0) is 19.1 Å². The van der Waals surface area contributed by atoms with E-state index in [-0.39, 0.29) is 12.2 Å². The fourth-order valence-corrected chi connectivity index (χ4v) is 1.56. The van der Waals surface area contributed by atoms with E-state index in [1.54, 1.807) is 19.1 Å². The highest BCUT2D eigenvalue weighted by Crippen LogP contribution is 2.20. The molecule has 0 aliphatic carbocycles. The highest BCUT2D eigenvalue weighted by molar-refractivity contribution is 5.98. The second kappa shape index (κ2) is 5.19. The first kappa shape index (κ1) is 11.9. The van der Waals surface area contributed by atoms with E-state index in [1.165, 1.54) is 6.08 Å². The molecule has 90 valence electrons. The molecule has 0 aliphatic heterocycles. The molecule has 1 heterocycles. The molecule has 2 rings (SSSR count). The molecule has 0 saturated heterocycles. The number of nitrogens with zero attached hydrogens (tertiary/aromatic N) is 1. The zero-order valence-electron chi connectivity index (χ0n) is 9.84. The number of carbonyl (C=O) groups excluding carboxylic acids is 1. The number of esters is 1. The molecule has 0 atom stereocenters. The molecule has 0 aliphatic rings. The fourth-order valence-electron chi connectivity index (χ4n) is 1.56. The monoisotopic (exact) mass is 241 g/mol. The third-order valence-corrected chi connectivity index (χ3v) is 2.35. The van der Waals surface area contributed by atoms with Crippen LogP contribution < -0.4 is 0 Å². The predicted molar refractivity (Wildman–Crippen MR) is 66.4 cm³/mol. The molecular formula is C14H11NO3. The Morgan fingerprint density at radius 2 is 2.28 bits per heavy atom. The van der Waals surface area contributed by atoms with Crippen molar-refractivity contribution in [3.05, 3.63) is 41.7 Å². The second-order valence-corrected chi connectivity index (χ2v) is 3.58. The van der Waals surface area contributed by atoms with Crippen LogP contribution >= 0.6 is 0 Å². The Labute approximate surface area is 104 Å². The van der Waals surface area contributed by atoms with Gasteiger partial charge in [-0.1, -0.05) is 18.2 Å². The van der Waals surface area contributed by atoms with Crippen molar-refractivity contribution in [1.29, 1.82) is 5.26 Å². The lowest BCUT2D eigenvalue weighted by Crippen LogP contribution is -2.05. The average Bonchev–Trinajstić information content (AvgIpc) is 2.78. The van der Waals surface area contributed by atoms with Gasteiger partial charge in [0.1, 0.15) is 23.0 Å². The van der Waals surface area contributed by atoms with Gasteiger partial charge in [-0.2, -0.15) is 5.26 Å². The van der Waals surface area contributed by atoms with E-state index in [1.807, 2.05) is 24.3 Å². The number of hydrogen-bond acceptors (Lipinski definition) is 4. The Hall–Kier alpha value is -2.54. The molecule has 2 aromatic rings. The minimum Gasteiger partial charge on any atom is -0.462 e. The standard InChI is InChI=1S/C14H11NO3/c1-2-17-14(16)11(9-15)8-12-7-10-5-3-4-6-13(10)18-12/h3-8H,2H2,1H3/b11-8+. The lowest BCUT2D eigenvalue weighted by Gasteiger charge is -1.97. The quantitative estimate of drug-likeness (QED) is 0.471. The summed E-state index contributed by atoms with van der Waals surface area (Å²) in [4.78, 5) is 11.4. The average molecular weight is 241 g/mol. The van der Waals surface area contributed by atoms with Crippen molar-refractivity contribution in [3.63, 3.8) is 0 Å². The van der Waals surface area contributed by atoms with E-state index in [4.69, 9.17) is 14.4 Å². The first-order chi connectivity index (χ1) is 8.74. The molecule has 0 radical (unpaired) electrons. The van der Waals surface area contributed by atoms with Gasteiger partial charge in [-0.15, -0.1) is 0 Å². The van der Waals surface area contributed by atoms with Crippen molar-refractivity contribution in [3.8, 4) is 6.07 Å². The maximum Gasteiger partial charge on any atom is 0.349 e. The number of fused-ring (bicyclic) bond motifs is 1. The summed E-state index contributed by atoms with van der Waals surface area (Å²) in [6.45, 7) is 1.92. The Morgan fingerprint density at radius 1 is 1.50 bits per heavy atom. The van der Waals surface area contributed by atoms with Gasteiger partial charge in [0.15, 0.2) is 0 Å². The van der Waals surface area contributed by atoms with Crippen LogP contribution in [0, 0.1) is 11.3 Å². The van der Waals surface area contributed by atoms with Crippen LogP contribution in [-0.4, -0.2) is 12.6 Å². The largest absolute Gasteiger partial charge is 0.462 e. The van der Waals surface area contributed by atoms with Crippen molar-refractivity contribution in [1.82, 2.24) is 0 Å². The molecule has 0 bridgehead atoms. The number of nitriles is 1. The van der Waals surface area contributed by atoms with E-state index in [2.05, 4.69) is 0 Å². The molecule has 1 aromatic carbocycles. The molecule has 1 aromatic heterocycles. The van der Waals surface area contributed by atoms with Gasteiger partial charge < -0.3 is 9.15 Å². The zero-order chi connectivity index (χ0) is 13.0. The maximum absolute atomic E-state index is 11.4. The summed E-state index contributed by atoms with van der Waals surface area (Å²) in [5.41, 5.74) is 0.640. The maximum atomic E-state index is 11.4. The molecule has 4 nitrogen and oxygen atoms in total. The van der Waals surface area contributed by atoms with Gasteiger partial charge in [0, 0.05) is 11.5 Å². The number of rotatable bonds is 3. The Balaban J connectivity index is 2.36. The van der Waals surface area contributed by atoms with Gasteiger partial charge in [0.2, 0.25) is 0 Å². The van der Waals surface area contributed by atoms with Gasteiger partial charge in [-0.25, -0.2) is 4.79 Å². The van der Waals surface area contributed by atoms with Gasteiger partial charge >= 0.3 is 5.97 Å². The molecule has 4 heteroatoms. The lowest BCUT2D eigenvalue weighted by molar-refractivity contribution is -0.137. The zero-order valence-corrected chi connectivity index (χ0v) is 9.84. The molecule has 18 heavy (non-hydrogen) atoms. The summed E-state index contributed by atoms with van der Waals surface area (Å²) in [6.07, 6.45) is 1.39. The first-order valence-electron chi connectivity index (χ1n) is 5.52. The summed E-state index contributed by atoms with van der Waals surface area (Å²) in [7, 11) is 0. The summed E-state index contributed by atoms with van der Waals surface area (Å²) in [6, 6.07) is 11.0. The van der Waals surface area contributed by atoms with Gasteiger partial charge in [0.25, 0.3) is 0 Å². The van der Waals surface area contributed by atoms with Crippen LogP contribution in [0.1, 0.15) is 12.7 Å². The Morgan fingerprint density at radius 3 is 2.94 bits per heavy atom. The molecule has 0 spiro atoms. The highest BCUT2D eigenvalue weighted by atomic mass is 16.5. The number of benzene rings is 1. The fraction of sp³-hybridized carbons (Fsp3) is 0.143. The van der Waals surface area contributed by atoms with E-state index >= 15 is 0 Å². The number of ether oxygens (including phenoxy) is 1. The minimum atomic E-state index is -0.638. The van der Waals surface area contributed by atoms with Gasteiger partial charge in [0.05, 0.1) is 6.61 Å². The van der Waals surface area contributed by atoms with Crippen molar-refractivity contribution >= 4 is 23.0 Å².